The fraction of sp³-hybridized carbons (Fsp3) is 0.579. The predicted octanol–water partition coefficient (Wildman–Crippen LogP) is 5.36. The molecule has 0 saturated heterocycles. The molecule has 1 saturated carbocycles. The molecule has 1 aromatic heterocycles. The second-order valence-electron chi connectivity index (χ2n) is 6.54. The molecule has 1 heterocycles. The maximum Gasteiger partial charge on any atom is 0.134 e. The quantitative estimate of drug-likeness (QED) is 0.799. The van der Waals surface area contributed by atoms with Crippen molar-refractivity contribution in [1.82, 2.24) is 5.32 Å². The van der Waals surface area contributed by atoms with Gasteiger partial charge in [-0.15, -0.1) is 0 Å². The molecule has 1 atom stereocenters. The van der Waals surface area contributed by atoms with Gasteiger partial charge in [0.05, 0.1) is 6.04 Å². The lowest BCUT2D eigenvalue weighted by Crippen LogP contribution is -2.24. The average molecular weight is 285 g/mol. The van der Waals surface area contributed by atoms with E-state index in [1.54, 1.807) is 0 Å². The Hall–Kier alpha value is -1.28. The minimum absolute atomic E-state index is 0.366. The van der Waals surface area contributed by atoms with Gasteiger partial charge >= 0.3 is 0 Å². The van der Waals surface area contributed by atoms with Gasteiger partial charge in [-0.05, 0) is 44.0 Å². The van der Waals surface area contributed by atoms with Crippen molar-refractivity contribution in [1.29, 1.82) is 0 Å². The van der Waals surface area contributed by atoms with Crippen molar-refractivity contribution in [2.75, 3.05) is 6.54 Å². The van der Waals surface area contributed by atoms with E-state index in [9.17, 15) is 0 Å². The Balaban J connectivity index is 1.80. The fourth-order valence-electron chi connectivity index (χ4n) is 3.66. The maximum absolute atomic E-state index is 6.12. The Kier molecular flexibility index (Phi) is 4.64. The van der Waals surface area contributed by atoms with E-state index in [0.717, 1.165) is 23.8 Å². The summed E-state index contributed by atoms with van der Waals surface area (Å²) in [5, 5.41) is 4.86. The van der Waals surface area contributed by atoms with Gasteiger partial charge in [0.15, 0.2) is 0 Å². The molecule has 1 aromatic carbocycles. The van der Waals surface area contributed by atoms with Crippen LogP contribution in [0, 0.1) is 12.8 Å². The zero-order chi connectivity index (χ0) is 14.7. The molecule has 1 aliphatic carbocycles. The lowest BCUT2D eigenvalue weighted by atomic mass is 9.84. The first-order valence-corrected chi connectivity index (χ1v) is 8.49. The summed E-state index contributed by atoms with van der Waals surface area (Å²) in [6.07, 6.45) is 8.23. The molecule has 0 bridgehead atoms. The zero-order valence-electron chi connectivity index (χ0n) is 13.3. The van der Waals surface area contributed by atoms with Gasteiger partial charge in [-0.1, -0.05) is 50.7 Å². The normalized spacial score (nSPS) is 18.2. The van der Waals surface area contributed by atoms with E-state index < -0.39 is 0 Å². The number of aryl methyl sites for hydroxylation is 1. The van der Waals surface area contributed by atoms with Gasteiger partial charge in [-0.3, -0.25) is 0 Å². The molecule has 21 heavy (non-hydrogen) atoms. The lowest BCUT2D eigenvalue weighted by Gasteiger charge is -2.26. The Morgan fingerprint density at radius 2 is 2.00 bits per heavy atom. The third-order valence-electron chi connectivity index (χ3n) is 4.78. The number of benzene rings is 1. The minimum atomic E-state index is 0.366. The first-order chi connectivity index (χ1) is 10.3. The second-order valence-corrected chi connectivity index (χ2v) is 6.54. The van der Waals surface area contributed by atoms with Gasteiger partial charge in [0.2, 0.25) is 0 Å². The minimum Gasteiger partial charge on any atom is -0.459 e. The molecule has 0 amide bonds. The van der Waals surface area contributed by atoms with Crippen LogP contribution < -0.4 is 5.32 Å². The van der Waals surface area contributed by atoms with Crippen molar-refractivity contribution in [2.45, 2.75) is 58.4 Å². The Bertz CT molecular complexity index is 580. The molecule has 1 fully saturated rings. The van der Waals surface area contributed by atoms with Gasteiger partial charge in [0, 0.05) is 5.39 Å². The van der Waals surface area contributed by atoms with Crippen molar-refractivity contribution < 1.29 is 4.42 Å². The molecule has 0 spiro atoms. The van der Waals surface area contributed by atoms with Crippen molar-refractivity contribution in [3.05, 3.63) is 35.6 Å². The smallest absolute Gasteiger partial charge is 0.134 e. The van der Waals surface area contributed by atoms with Gasteiger partial charge in [0.1, 0.15) is 11.3 Å². The van der Waals surface area contributed by atoms with E-state index in [-0.39, 0.29) is 0 Å². The highest BCUT2D eigenvalue weighted by Gasteiger charge is 2.22. The molecule has 0 radical (unpaired) electrons. The number of fused-ring (bicyclic) bond motifs is 1. The van der Waals surface area contributed by atoms with Gasteiger partial charge in [-0.2, -0.15) is 0 Å². The monoisotopic (exact) mass is 285 g/mol. The Morgan fingerprint density at radius 1 is 1.19 bits per heavy atom. The number of hydrogen-bond acceptors (Lipinski definition) is 2. The zero-order valence-corrected chi connectivity index (χ0v) is 13.3. The van der Waals surface area contributed by atoms with Gasteiger partial charge < -0.3 is 9.73 Å². The maximum atomic E-state index is 6.12. The summed E-state index contributed by atoms with van der Waals surface area (Å²) in [6, 6.07) is 9.03. The summed E-state index contributed by atoms with van der Waals surface area (Å²) >= 11 is 0. The third kappa shape index (κ3) is 3.49. The van der Waals surface area contributed by atoms with Crippen LogP contribution in [0.3, 0.4) is 0 Å². The highest BCUT2D eigenvalue weighted by atomic mass is 16.3. The van der Waals surface area contributed by atoms with Crippen LogP contribution in [-0.4, -0.2) is 6.54 Å². The topological polar surface area (TPSA) is 25.2 Å². The molecule has 114 valence electrons. The molecule has 1 aliphatic rings. The summed E-state index contributed by atoms with van der Waals surface area (Å²) in [4.78, 5) is 0. The van der Waals surface area contributed by atoms with E-state index in [4.69, 9.17) is 4.42 Å². The van der Waals surface area contributed by atoms with Gasteiger partial charge in [0.25, 0.3) is 0 Å². The lowest BCUT2D eigenvalue weighted by molar-refractivity contribution is 0.285. The first-order valence-electron chi connectivity index (χ1n) is 8.49. The highest BCUT2D eigenvalue weighted by Crippen LogP contribution is 2.34. The summed E-state index contributed by atoms with van der Waals surface area (Å²) in [6.45, 7) is 5.31. The summed E-state index contributed by atoms with van der Waals surface area (Å²) in [7, 11) is 0. The van der Waals surface area contributed by atoms with Crippen LogP contribution in [0.15, 0.2) is 28.7 Å². The van der Waals surface area contributed by atoms with Crippen molar-refractivity contribution >= 4 is 11.0 Å². The standard InChI is InChI=1S/C19H27NO/c1-3-20-17(12-15-7-5-4-6-8-15)19-13-16-11-14(2)9-10-18(16)21-19/h9-11,13,15,17,20H,3-8,12H2,1-2H3. The molecule has 2 heteroatoms. The molecule has 0 aliphatic heterocycles. The fourth-order valence-corrected chi connectivity index (χ4v) is 3.66. The number of hydrogen-bond donors (Lipinski definition) is 1. The Labute approximate surface area is 127 Å². The largest absolute Gasteiger partial charge is 0.459 e. The molecule has 2 nitrogen and oxygen atoms in total. The van der Waals surface area contributed by atoms with Crippen LogP contribution in [0.2, 0.25) is 0 Å². The third-order valence-corrected chi connectivity index (χ3v) is 4.78. The van der Waals surface area contributed by atoms with E-state index in [2.05, 4.69) is 43.4 Å². The molecule has 3 rings (SSSR count). The van der Waals surface area contributed by atoms with Gasteiger partial charge in [-0.25, -0.2) is 0 Å². The van der Waals surface area contributed by atoms with E-state index in [0.29, 0.717) is 6.04 Å². The van der Waals surface area contributed by atoms with E-state index in [1.807, 2.05) is 0 Å². The summed E-state index contributed by atoms with van der Waals surface area (Å²) in [5.41, 5.74) is 2.31. The first kappa shape index (κ1) is 14.6. The van der Waals surface area contributed by atoms with E-state index >= 15 is 0 Å². The molecule has 1 N–H and O–H groups in total. The number of rotatable bonds is 5. The van der Waals surface area contributed by atoms with Crippen LogP contribution in [0.25, 0.3) is 11.0 Å². The summed E-state index contributed by atoms with van der Waals surface area (Å²) in [5.74, 6) is 1.97. The van der Waals surface area contributed by atoms with Crippen LogP contribution >= 0.6 is 0 Å². The van der Waals surface area contributed by atoms with Crippen molar-refractivity contribution in [3.63, 3.8) is 0 Å². The average Bonchev–Trinajstić information content (AvgIpc) is 2.91. The molecular formula is C19H27NO. The second kappa shape index (κ2) is 6.65. The van der Waals surface area contributed by atoms with Crippen LogP contribution in [-0.2, 0) is 0 Å². The SMILES string of the molecule is CCNC(CC1CCCCC1)c1cc2cc(C)ccc2o1. The molecule has 1 unspecified atom stereocenters. The van der Waals surface area contributed by atoms with Crippen LogP contribution in [0.1, 0.15) is 62.8 Å². The van der Waals surface area contributed by atoms with Crippen molar-refractivity contribution in [3.8, 4) is 0 Å². The number of furan rings is 1. The van der Waals surface area contributed by atoms with Crippen molar-refractivity contribution in [2.24, 2.45) is 5.92 Å². The molecular weight excluding hydrogens is 258 g/mol. The Morgan fingerprint density at radius 3 is 2.76 bits per heavy atom. The number of nitrogens with one attached hydrogen (secondary N) is 1. The summed E-state index contributed by atoms with van der Waals surface area (Å²) < 4.78 is 6.12. The highest BCUT2D eigenvalue weighted by molar-refractivity contribution is 5.78. The van der Waals surface area contributed by atoms with Crippen LogP contribution in [0.4, 0.5) is 0 Å². The predicted molar refractivity (Wildman–Crippen MR) is 88.6 cm³/mol. The van der Waals surface area contributed by atoms with E-state index in [1.165, 1.54) is 49.5 Å². The molecule has 2 aromatic rings. The van der Waals surface area contributed by atoms with Crippen LogP contribution in [0.5, 0.6) is 0 Å².